The predicted molar refractivity (Wildman–Crippen MR) is 101 cm³/mol. The van der Waals surface area contributed by atoms with E-state index in [0.29, 0.717) is 24.1 Å². The number of aliphatic hydroxyl groups is 1. The van der Waals surface area contributed by atoms with Crippen molar-refractivity contribution in [2.45, 2.75) is 53.8 Å². The summed E-state index contributed by atoms with van der Waals surface area (Å²) in [6.45, 7) is 9.04. The van der Waals surface area contributed by atoms with E-state index in [0.717, 1.165) is 45.8 Å². The Kier molecular flexibility index (Phi) is 6.80. The number of rotatable bonds is 5. The van der Waals surface area contributed by atoms with Gasteiger partial charge in [-0.1, -0.05) is 27.7 Å². The zero-order valence-electron chi connectivity index (χ0n) is 16.0. The number of fused-ring (bicyclic) bond motifs is 2. The van der Waals surface area contributed by atoms with Gasteiger partial charge < -0.3 is 20.8 Å². The highest BCUT2D eigenvalue weighted by molar-refractivity contribution is 5.58. The molecule has 0 saturated heterocycles. The largest absolute Gasteiger partial charge is 0.618 e. The molecule has 2 heterocycles. The van der Waals surface area contributed by atoms with Crippen molar-refractivity contribution in [1.82, 2.24) is 4.98 Å². The highest BCUT2D eigenvalue weighted by atomic mass is 16.5. The molecule has 1 aromatic carbocycles. The molecular weight excluding hydrogens is 330 g/mol. The molecule has 0 radical (unpaired) electrons. The van der Waals surface area contributed by atoms with Crippen LogP contribution in [-0.4, -0.2) is 10.1 Å². The lowest BCUT2D eigenvalue weighted by Gasteiger charge is -2.11. The van der Waals surface area contributed by atoms with Crippen LogP contribution in [-0.2, 0) is 26.1 Å². The minimum atomic E-state index is -0.0178. The third-order valence-corrected chi connectivity index (χ3v) is 4.12. The Bertz CT molecular complexity index is 745. The van der Waals surface area contributed by atoms with Crippen LogP contribution in [0.5, 0.6) is 5.75 Å². The van der Waals surface area contributed by atoms with E-state index in [-0.39, 0.29) is 6.61 Å². The van der Waals surface area contributed by atoms with Crippen molar-refractivity contribution in [3.8, 4) is 5.75 Å². The van der Waals surface area contributed by atoms with Crippen molar-refractivity contribution in [3.05, 3.63) is 52.2 Å². The molecule has 0 fully saturated rings. The third-order valence-electron chi connectivity index (χ3n) is 4.12. The topological polar surface area (TPSA) is 95.3 Å². The number of nitrogen functional groups attached to an aromatic ring is 1. The van der Waals surface area contributed by atoms with Crippen LogP contribution in [0.1, 0.15) is 50.2 Å². The number of aromatic nitrogens is 2. The molecule has 0 atom stereocenters. The van der Waals surface area contributed by atoms with E-state index >= 15 is 0 Å². The lowest BCUT2D eigenvalue weighted by atomic mass is 10.0. The molecule has 142 valence electrons. The van der Waals surface area contributed by atoms with Crippen LogP contribution < -0.4 is 15.2 Å². The van der Waals surface area contributed by atoms with Crippen molar-refractivity contribution < 1.29 is 14.6 Å². The number of nitrogens with two attached hydrogens (primary N) is 1. The Morgan fingerprint density at radius 3 is 2.54 bits per heavy atom. The zero-order valence-corrected chi connectivity index (χ0v) is 16.0. The number of anilines is 1. The summed E-state index contributed by atoms with van der Waals surface area (Å²) in [4.78, 5) is 4.31. The summed E-state index contributed by atoms with van der Waals surface area (Å²) in [5.41, 5.74) is 9.89. The third kappa shape index (κ3) is 5.08. The summed E-state index contributed by atoms with van der Waals surface area (Å²) in [7, 11) is 0. The second-order valence-corrected chi connectivity index (χ2v) is 7.44. The molecule has 1 aliphatic heterocycles. The number of benzene rings is 1. The maximum absolute atomic E-state index is 11.6. The average molecular weight is 359 g/mol. The van der Waals surface area contributed by atoms with Gasteiger partial charge in [-0.15, -0.1) is 0 Å². The molecule has 0 aliphatic carbocycles. The fraction of sp³-hybridized carbons (Fsp3) is 0.500. The lowest BCUT2D eigenvalue weighted by Crippen LogP contribution is -2.34. The summed E-state index contributed by atoms with van der Waals surface area (Å²) in [6.07, 6.45) is 4.76. The molecule has 0 amide bonds. The highest BCUT2D eigenvalue weighted by Crippen LogP contribution is 2.31. The van der Waals surface area contributed by atoms with Gasteiger partial charge in [-0.3, -0.25) is 0 Å². The molecule has 26 heavy (non-hydrogen) atoms. The quantitative estimate of drug-likeness (QED) is 0.486. The Labute approximate surface area is 155 Å². The fourth-order valence-electron chi connectivity index (χ4n) is 2.87. The molecule has 2 aromatic rings. The van der Waals surface area contributed by atoms with Crippen LogP contribution in [0, 0.1) is 17.0 Å². The molecule has 0 unspecified atom stereocenters. The maximum Gasteiger partial charge on any atom is 0.214 e. The summed E-state index contributed by atoms with van der Waals surface area (Å²) < 4.78 is 6.18. The number of ether oxygens (including phenoxy) is 1. The minimum Gasteiger partial charge on any atom is -0.618 e. The SMILES string of the molecule is CC(C)Cc1ncc[n+]([O-])c1CC(C)C.Nc1c(CO)cc2cc1CO2. The van der Waals surface area contributed by atoms with Gasteiger partial charge in [-0.05, 0) is 30.4 Å². The molecule has 6 heteroatoms. The first-order valence-electron chi connectivity index (χ1n) is 9.02. The summed E-state index contributed by atoms with van der Waals surface area (Å²) in [5, 5.41) is 20.5. The van der Waals surface area contributed by atoms with Gasteiger partial charge in [-0.25, -0.2) is 4.98 Å². The van der Waals surface area contributed by atoms with Gasteiger partial charge in [0.05, 0.1) is 12.8 Å². The summed E-state index contributed by atoms with van der Waals surface area (Å²) >= 11 is 0. The first-order valence-corrected chi connectivity index (χ1v) is 9.02. The molecule has 2 bridgehead atoms. The average Bonchev–Trinajstić information content (AvgIpc) is 2.98. The minimum absolute atomic E-state index is 0.0178. The van der Waals surface area contributed by atoms with Crippen LogP contribution in [0.2, 0.25) is 0 Å². The van der Waals surface area contributed by atoms with Gasteiger partial charge in [0.1, 0.15) is 18.1 Å². The van der Waals surface area contributed by atoms with Gasteiger partial charge in [0.25, 0.3) is 0 Å². The Morgan fingerprint density at radius 2 is 1.92 bits per heavy atom. The van der Waals surface area contributed by atoms with Crippen LogP contribution in [0.15, 0.2) is 24.5 Å². The standard InChI is InChI=1S/C12H20N2O.C8H9NO2/c1-9(2)7-11-12(8-10(3)4)14(15)6-5-13-11;9-8-5(3-10)1-7-2-6(8)4-11-7/h5-6,9-10H,7-8H2,1-4H3;1-2,10H,3-4,9H2. The van der Waals surface area contributed by atoms with Crippen LogP contribution in [0.4, 0.5) is 5.69 Å². The first-order chi connectivity index (χ1) is 12.3. The summed E-state index contributed by atoms with van der Waals surface area (Å²) in [6, 6.07) is 3.67. The number of hydrogen-bond acceptors (Lipinski definition) is 5. The van der Waals surface area contributed by atoms with Crippen molar-refractivity contribution >= 4 is 5.69 Å². The second-order valence-electron chi connectivity index (χ2n) is 7.44. The van der Waals surface area contributed by atoms with E-state index in [1.165, 1.54) is 6.20 Å². The molecule has 0 spiro atoms. The monoisotopic (exact) mass is 359 g/mol. The molecule has 1 aliphatic rings. The number of nitrogens with zero attached hydrogens (tertiary/aromatic N) is 2. The van der Waals surface area contributed by atoms with Gasteiger partial charge in [0.15, 0.2) is 6.20 Å². The second kappa shape index (κ2) is 8.85. The number of aliphatic hydroxyl groups excluding tert-OH is 1. The smallest absolute Gasteiger partial charge is 0.214 e. The normalized spacial score (nSPS) is 12.1. The first kappa shape index (κ1) is 20.0. The van der Waals surface area contributed by atoms with E-state index in [1.54, 1.807) is 12.3 Å². The van der Waals surface area contributed by atoms with E-state index < -0.39 is 0 Å². The van der Waals surface area contributed by atoms with Crippen molar-refractivity contribution in [1.29, 1.82) is 0 Å². The fourth-order valence-corrected chi connectivity index (χ4v) is 2.87. The molecule has 3 rings (SSSR count). The zero-order chi connectivity index (χ0) is 19.3. The molecule has 3 N–H and O–H groups in total. The maximum atomic E-state index is 11.6. The van der Waals surface area contributed by atoms with E-state index in [9.17, 15) is 5.21 Å². The number of hydrogen-bond donors (Lipinski definition) is 2. The van der Waals surface area contributed by atoms with Crippen LogP contribution >= 0.6 is 0 Å². The Balaban J connectivity index is 0.000000195. The van der Waals surface area contributed by atoms with Gasteiger partial charge in [0, 0.05) is 23.2 Å². The lowest BCUT2D eigenvalue weighted by molar-refractivity contribution is -0.615. The molecule has 0 saturated carbocycles. The highest BCUT2D eigenvalue weighted by Gasteiger charge is 2.16. The van der Waals surface area contributed by atoms with Crippen molar-refractivity contribution in [3.63, 3.8) is 0 Å². The molecule has 1 aromatic heterocycles. The van der Waals surface area contributed by atoms with Crippen molar-refractivity contribution in [2.75, 3.05) is 5.73 Å². The Morgan fingerprint density at radius 1 is 1.23 bits per heavy atom. The molecule has 6 nitrogen and oxygen atoms in total. The molecular formula is C20H29N3O3. The van der Waals surface area contributed by atoms with E-state index in [1.807, 2.05) is 6.07 Å². The van der Waals surface area contributed by atoms with Gasteiger partial charge in [0.2, 0.25) is 5.69 Å². The van der Waals surface area contributed by atoms with Gasteiger partial charge >= 0.3 is 0 Å². The van der Waals surface area contributed by atoms with Crippen LogP contribution in [0.25, 0.3) is 0 Å². The van der Waals surface area contributed by atoms with Crippen molar-refractivity contribution in [2.24, 2.45) is 11.8 Å². The van der Waals surface area contributed by atoms with Gasteiger partial charge in [-0.2, -0.15) is 4.73 Å². The van der Waals surface area contributed by atoms with Crippen LogP contribution in [0.3, 0.4) is 0 Å². The summed E-state index contributed by atoms with van der Waals surface area (Å²) in [5.74, 6) is 1.82. The Hall–Kier alpha value is -2.34. The van der Waals surface area contributed by atoms with E-state index in [4.69, 9.17) is 15.6 Å². The van der Waals surface area contributed by atoms with E-state index in [2.05, 4.69) is 32.7 Å². The predicted octanol–water partition coefficient (Wildman–Crippen LogP) is 2.77.